The predicted molar refractivity (Wildman–Crippen MR) is 83.7 cm³/mol. The van der Waals surface area contributed by atoms with E-state index in [0.29, 0.717) is 12.8 Å². The predicted octanol–water partition coefficient (Wildman–Crippen LogP) is 3.74. The summed E-state index contributed by atoms with van der Waals surface area (Å²) < 4.78 is 10.9. The summed E-state index contributed by atoms with van der Waals surface area (Å²) in [7, 11) is 0. The fourth-order valence-corrected chi connectivity index (χ4v) is 4.38. The summed E-state index contributed by atoms with van der Waals surface area (Å²) in [5, 5.41) is 4.46. The Morgan fingerprint density at radius 1 is 1.25 bits per heavy atom. The Kier molecular flexibility index (Phi) is 4.73. The van der Waals surface area contributed by atoms with Crippen LogP contribution in [0.1, 0.15) is 44.2 Å². The normalized spacial score (nSPS) is 19.4. The fourth-order valence-electron chi connectivity index (χ4n) is 2.94. The van der Waals surface area contributed by atoms with E-state index in [0.717, 1.165) is 29.0 Å². The van der Waals surface area contributed by atoms with Crippen LogP contribution in [-0.2, 0) is 0 Å². The summed E-state index contributed by atoms with van der Waals surface area (Å²) in [6, 6.07) is 6.73. The zero-order valence-corrected chi connectivity index (χ0v) is 12.9. The number of thioether (sulfide) groups is 1. The Morgan fingerprint density at radius 3 is 2.85 bits per heavy atom. The molecule has 0 bridgehead atoms. The molecule has 1 aromatic rings. The molecule has 1 aromatic carbocycles. The van der Waals surface area contributed by atoms with Gasteiger partial charge in [-0.15, -0.1) is 0 Å². The lowest BCUT2D eigenvalue weighted by Crippen LogP contribution is -2.23. The van der Waals surface area contributed by atoms with Crippen molar-refractivity contribution in [3.05, 3.63) is 23.8 Å². The van der Waals surface area contributed by atoms with Gasteiger partial charge in [0.1, 0.15) is 0 Å². The molecule has 0 radical (unpaired) electrons. The van der Waals surface area contributed by atoms with Crippen molar-refractivity contribution in [1.82, 2.24) is 5.32 Å². The fraction of sp³-hybridized carbons (Fsp3) is 0.625. The van der Waals surface area contributed by atoms with Crippen LogP contribution in [0, 0.1) is 0 Å². The minimum absolute atomic E-state index is 0.349. The third kappa shape index (κ3) is 3.23. The first-order valence-electron chi connectivity index (χ1n) is 7.61. The molecule has 20 heavy (non-hydrogen) atoms. The van der Waals surface area contributed by atoms with Gasteiger partial charge in [0.05, 0.1) is 0 Å². The Labute approximate surface area is 125 Å². The van der Waals surface area contributed by atoms with Crippen LogP contribution in [0.3, 0.4) is 0 Å². The topological polar surface area (TPSA) is 30.5 Å². The Morgan fingerprint density at radius 2 is 2.05 bits per heavy atom. The van der Waals surface area contributed by atoms with Crippen molar-refractivity contribution in [3.8, 4) is 11.5 Å². The van der Waals surface area contributed by atoms with Gasteiger partial charge in [0, 0.05) is 17.0 Å². The van der Waals surface area contributed by atoms with Gasteiger partial charge in [-0.05, 0) is 37.1 Å². The van der Waals surface area contributed by atoms with Gasteiger partial charge in [-0.25, -0.2) is 0 Å². The molecule has 1 aliphatic heterocycles. The van der Waals surface area contributed by atoms with E-state index in [9.17, 15) is 0 Å². The molecule has 1 saturated carbocycles. The number of rotatable bonds is 6. The van der Waals surface area contributed by atoms with Crippen LogP contribution >= 0.6 is 11.8 Å². The van der Waals surface area contributed by atoms with E-state index in [1.54, 1.807) is 0 Å². The van der Waals surface area contributed by atoms with Gasteiger partial charge in [-0.3, -0.25) is 0 Å². The van der Waals surface area contributed by atoms with E-state index in [1.165, 1.54) is 31.2 Å². The highest BCUT2D eigenvalue weighted by atomic mass is 32.2. The van der Waals surface area contributed by atoms with E-state index >= 15 is 0 Å². The monoisotopic (exact) mass is 293 g/mol. The van der Waals surface area contributed by atoms with Crippen molar-refractivity contribution in [2.24, 2.45) is 0 Å². The number of ether oxygens (including phenoxy) is 2. The number of fused-ring (bicyclic) bond motifs is 1. The average Bonchev–Trinajstić information content (AvgIpc) is 3.13. The van der Waals surface area contributed by atoms with Gasteiger partial charge in [0.25, 0.3) is 0 Å². The molecule has 4 heteroatoms. The molecule has 1 aliphatic carbocycles. The highest BCUT2D eigenvalue weighted by molar-refractivity contribution is 7.99. The van der Waals surface area contributed by atoms with Crippen molar-refractivity contribution in [1.29, 1.82) is 0 Å². The Hall–Kier alpha value is -0.870. The zero-order chi connectivity index (χ0) is 13.8. The van der Waals surface area contributed by atoms with E-state index in [1.807, 2.05) is 6.07 Å². The third-order valence-electron chi connectivity index (χ3n) is 4.05. The first-order chi connectivity index (χ1) is 9.86. The second-order valence-electron chi connectivity index (χ2n) is 5.46. The summed E-state index contributed by atoms with van der Waals surface area (Å²) in [5.41, 5.74) is 1.31. The maximum Gasteiger partial charge on any atom is 0.231 e. The van der Waals surface area contributed by atoms with Crippen molar-refractivity contribution in [2.75, 3.05) is 19.1 Å². The maximum atomic E-state index is 5.49. The lowest BCUT2D eigenvalue weighted by atomic mass is 10.1. The highest BCUT2D eigenvalue weighted by Crippen LogP contribution is 2.36. The minimum atomic E-state index is 0.349. The molecule has 0 amide bonds. The summed E-state index contributed by atoms with van der Waals surface area (Å²) in [6.07, 6.45) is 5.61. The maximum absolute atomic E-state index is 5.49. The summed E-state index contributed by atoms with van der Waals surface area (Å²) in [5.74, 6) is 2.89. The largest absolute Gasteiger partial charge is 0.454 e. The van der Waals surface area contributed by atoms with Crippen molar-refractivity contribution < 1.29 is 9.47 Å². The lowest BCUT2D eigenvalue weighted by molar-refractivity contribution is 0.174. The molecule has 3 rings (SSSR count). The third-order valence-corrected chi connectivity index (χ3v) is 5.52. The van der Waals surface area contributed by atoms with Crippen LogP contribution in [0.15, 0.2) is 18.2 Å². The van der Waals surface area contributed by atoms with Crippen LogP contribution in [0.25, 0.3) is 0 Å². The number of hydrogen-bond donors (Lipinski definition) is 1. The molecule has 2 aliphatic rings. The molecule has 0 spiro atoms. The molecule has 110 valence electrons. The van der Waals surface area contributed by atoms with Crippen molar-refractivity contribution in [3.63, 3.8) is 0 Å². The quantitative estimate of drug-likeness (QED) is 0.865. The van der Waals surface area contributed by atoms with Crippen molar-refractivity contribution >= 4 is 11.8 Å². The first kappa shape index (κ1) is 14.1. The minimum Gasteiger partial charge on any atom is -0.454 e. The molecule has 1 atom stereocenters. The molecule has 1 N–H and O–H groups in total. The molecular formula is C16H23NO2S. The Balaban J connectivity index is 1.65. The summed E-state index contributed by atoms with van der Waals surface area (Å²) in [6.45, 7) is 3.51. The molecular weight excluding hydrogens is 270 g/mol. The van der Waals surface area contributed by atoms with Gasteiger partial charge in [0.15, 0.2) is 11.5 Å². The zero-order valence-electron chi connectivity index (χ0n) is 12.1. The van der Waals surface area contributed by atoms with Crippen LogP contribution in [-0.4, -0.2) is 24.3 Å². The summed E-state index contributed by atoms with van der Waals surface area (Å²) >= 11 is 2.13. The standard InChI is InChI=1S/C16H23NO2S/c1-2-17-14(10-20-13-5-3-4-6-13)12-7-8-15-16(9-12)19-11-18-15/h7-9,13-14,17H,2-6,10-11H2,1H3. The highest BCUT2D eigenvalue weighted by Gasteiger charge is 2.20. The number of hydrogen-bond acceptors (Lipinski definition) is 4. The Bertz CT molecular complexity index is 446. The van der Waals surface area contributed by atoms with E-state index in [2.05, 4.69) is 36.1 Å². The molecule has 1 fully saturated rings. The second kappa shape index (κ2) is 6.72. The number of nitrogens with one attached hydrogen (secondary N) is 1. The smallest absolute Gasteiger partial charge is 0.231 e. The van der Waals surface area contributed by atoms with Crippen LogP contribution in [0.5, 0.6) is 11.5 Å². The van der Waals surface area contributed by atoms with Gasteiger partial charge in [0.2, 0.25) is 6.79 Å². The lowest BCUT2D eigenvalue weighted by Gasteiger charge is -2.20. The molecule has 1 unspecified atom stereocenters. The average molecular weight is 293 g/mol. The van der Waals surface area contributed by atoms with Gasteiger partial charge < -0.3 is 14.8 Å². The van der Waals surface area contributed by atoms with E-state index in [4.69, 9.17) is 9.47 Å². The number of benzene rings is 1. The molecule has 0 saturated heterocycles. The summed E-state index contributed by atoms with van der Waals surface area (Å²) in [4.78, 5) is 0. The van der Waals surface area contributed by atoms with Gasteiger partial charge in [-0.2, -0.15) is 11.8 Å². The van der Waals surface area contributed by atoms with E-state index in [-0.39, 0.29) is 0 Å². The first-order valence-corrected chi connectivity index (χ1v) is 8.66. The van der Waals surface area contributed by atoms with Crippen LogP contribution < -0.4 is 14.8 Å². The van der Waals surface area contributed by atoms with Crippen LogP contribution in [0.2, 0.25) is 0 Å². The molecule has 1 heterocycles. The van der Waals surface area contributed by atoms with Crippen LogP contribution in [0.4, 0.5) is 0 Å². The van der Waals surface area contributed by atoms with E-state index < -0.39 is 0 Å². The van der Waals surface area contributed by atoms with Gasteiger partial charge >= 0.3 is 0 Å². The van der Waals surface area contributed by atoms with Gasteiger partial charge in [-0.1, -0.05) is 25.8 Å². The molecule has 0 aromatic heterocycles. The SMILES string of the molecule is CCNC(CSC1CCCC1)c1ccc2c(c1)OCO2. The second-order valence-corrected chi connectivity index (χ2v) is 6.80. The van der Waals surface area contributed by atoms with Crippen molar-refractivity contribution in [2.45, 2.75) is 43.9 Å². The molecule has 3 nitrogen and oxygen atoms in total.